The standard InChI is InChI=1S/C18H28N4O4/c1-17(2)15(25)22(16(26)20-17)9-13(23)21-7-10-4-5-12-18(3,14(10)24)6-11(8-21)19-12/h10-12,14,19,24H,4-9H2,1-3H3,(H,20,26)/t10-,11-,12-,14+,18-/m0/s1. The number of nitrogens with one attached hydrogen (secondary N) is 2. The van der Waals surface area contributed by atoms with Crippen LogP contribution in [0.4, 0.5) is 4.79 Å². The number of amides is 4. The Bertz CT molecular complexity index is 666. The first-order valence-corrected chi connectivity index (χ1v) is 9.48. The average molecular weight is 364 g/mol. The van der Waals surface area contributed by atoms with E-state index < -0.39 is 17.7 Å². The second-order valence-corrected chi connectivity index (χ2v) is 9.15. The summed E-state index contributed by atoms with van der Waals surface area (Å²) in [5.74, 6) is -0.574. The van der Waals surface area contributed by atoms with Crippen molar-refractivity contribution in [2.24, 2.45) is 11.3 Å². The Morgan fingerprint density at radius 2 is 1.96 bits per heavy atom. The third kappa shape index (κ3) is 2.53. The minimum absolute atomic E-state index is 0.0422. The molecule has 4 fully saturated rings. The zero-order valence-corrected chi connectivity index (χ0v) is 15.6. The first kappa shape index (κ1) is 17.7. The van der Waals surface area contributed by atoms with E-state index in [0.717, 1.165) is 24.2 Å². The van der Waals surface area contributed by atoms with E-state index in [-0.39, 0.29) is 35.7 Å². The maximum absolute atomic E-state index is 12.9. The van der Waals surface area contributed by atoms with Gasteiger partial charge in [0.05, 0.1) is 6.10 Å². The number of fused-ring (bicyclic) bond motifs is 2. The van der Waals surface area contributed by atoms with E-state index >= 15 is 0 Å². The molecule has 4 amide bonds. The molecule has 0 radical (unpaired) electrons. The lowest BCUT2D eigenvalue weighted by molar-refractivity contribution is -0.141. The molecule has 1 saturated carbocycles. The van der Waals surface area contributed by atoms with Crippen LogP contribution < -0.4 is 10.6 Å². The first-order chi connectivity index (χ1) is 12.1. The predicted octanol–water partition coefficient (Wildman–Crippen LogP) is -0.333. The molecule has 0 aromatic rings. The molecule has 8 heteroatoms. The third-order valence-corrected chi connectivity index (χ3v) is 6.85. The maximum Gasteiger partial charge on any atom is 0.325 e. The van der Waals surface area contributed by atoms with Crippen molar-refractivity contribution in [1.29, 1.82) is 0 Å². The fourth-order valence-electron chi connectivity index (χ4n) is 5.36. The van der Waals surface area contributed by atoms with Crippen molar-refractivity contribution in [3.05, 3.63) is 0 Å². The summed E-state index contributed by atoms with van der Waals surface area (Å²) in [4.78, 5) is 40.0. The summed E-state index contributed by atoms with van der Waals surface area (Å²) < 4.78 is 0. The number of carbonyl (C=O) groups excluding carboxylic acids is 3. The molecule has 4 aliphatic rings. The van der Waals surface area contributed by atoms with Gasteiger partial charge in [0, 0.05) is 36.5 Å². The summed E-state index contributed by atoms with van der Waals surface area (Å²) in [6, 6.07) is -0.0874. The van der Waals surface area contributed by atoms with Crippen molar-refractivity contribution in [3.8, 4) is 0 Å². The molecule has 3 heterocycles. The van der Waals surface area contributed by atoms with Crippen LogP contribution in [0, 0.1) is 11.3 Å². The molecule has 1 aliphatic carbocycles. The summed E-state index contributed by atoms with van der Waals surface area (Å²) in [7, 11) is 0. The Morgan fingerprint density at radius 3 is 2.62 bits per heavy atom. The Hall–Kier alpha value is -1.67. The Morgan fingerprint density at radius 1 is 1.23 bits per heavy atom. The molecule has 0 spiro atoms. The van der Waals surface area contributed by atoms with Crippen LogP contribution in [-0.2, 0) is 9.59 Å². The van der Waals surface area contributed by atoms with E-state index in [2.05, 4.69) is 17.6 Å². The molecule has 3 bridgehead atoms. The van der Waals surface area contributed by atoms with Crippen LogP contribution in [0.3, 0.4) is 0 Å². The molecule has 26 heavy (non-hydrogen) atoms. The molecule has 8 nitrogen and oxygen atoms in total. The van der Waals surface area contributed by atoms with Crippen molar-refractivity contribution in [2.75, 3.05) is 19.6 Å². The van der Waals surface area contributed by atoms with E-state index in [1.165, 1.54) is 0 Å². The lowest BCUT2D eigenvalue weighted by atomic mass is 9.64. The van der Waals surface area contributed by atoms with Crippen molar-refractivity contribution < 1.29 is 19.5 Å². The zero-order valence-electron chi connectivity index (χ0n) is 15.6. The fourth-order valence-corrected chi connectivity index (χ4v) is 5.36. The Labute approximate surface area is 153 Å². The van der Waals surface area contributed by atoms with Crippen LogP contribution in [-0.4, -0.2) is 76.1 Å². The lowest BCUT2D eigenvalue weighted by Crippen LogP contribution is -2.54. The molecular formula is C18H28N4O4. The summed E-state index contributed by atoms with van der Waals surface area (Å²) in [6.07, 6.45) is 2.29. The highest BCUT2D eigenvalue weighted by Crippen LogP contribution is 2.48. The van der Waals surface area contributed by atoms with Crippen LogP contribution in [0.25, 0.3) is 0 Å². The topological polar surface area (TPSA) is 102 Å². The Balaban J connectivity index is 1.51. The van der Waals surface area contributed by atoms with E-state index in [4.69, 9.17) is 0 Å². The minimum Gasteiger partial charge on any atom is -0.392 e. The monoisotopic (exact) mass is 364 g/mol. The normalized spacial score (nSPS) is 41.2. The predicted molar refractivity (Wildman–Crippen MR) is 93.1 cm³/mol. The van der Waals surface area contributed by atoms with Crippen molar-refractivity contribution in [2.45, 2.75) is 63.8 Å². The number of aliphatic hydroxyl groups excluding tert-OH is 1. The molecule has 0 aromatic carbocycles. The van der Waals surface area contributed by atoms with Gasteiger partial charge in [-0.05, 0) is 33.1 Å². The van der Waals surface area contributed by atoms with Gasteiger partial charge in [-0.1, -0.05) is 6.92 Å². The van der Waals surface area contributed by atoms with Gasteiger partial charge in [-0.15, -0.1) is 0 Å². The molecular weight excluding hydrogens is 336 g/mol. The van der Waals surface area contributed by atoms with E-state index in [1.54, 1.807) is 18.7 Å². The molecule has 4 rings (SSSR count). The number of nitrogens with zero attached hydrogens (tertiary/aromatic N) is 2. The van der Waals surface area contributed by atoms with Crippen LogP contribution >= 0.6 is 0 Å². The van der Waals surface area contributed by atoms with E-state index in [1.807, 2.05) is 0 Å². The quantitative estimate of drug-likeness (QED) is 0.582. The molecule has 3 N–H and O–H groups in total. The molecule has 0 unspecified atom stereocenters. The van der Waals surface area contributed by atoms with Gasteiger partial charge in [0.15, 0.2) is 0 Å². The highest BCUT2D eigenvalue weighted by Gasteiger charge is 2.55. The number of imide groups is 1. The van der Waals surface area contributed by atoms with Crippen LogP contribution in [0.5, 0.6) is 0 Å². The number of carbonyl (C=O) groups is 3. The smallest absolute Gasteiger partial charge is 0.325 e. The molecule has 3 aliphatic heterocycles. The van der Waals surface area contributed by atoms with Crippen LogP contribution in [0.2, 0.25) is 0 Å². The van der Waals surface area contributed by atoms with E-state index in [9.17, 15) is 19.5 Å². The summed E-state index contributed by atoms with van der Waals surface area (Å²) in [5, 5.41) is 17.1. The second kappa shape index (κ2) is 5.66. The molecule has 144 valence electrons. The van der Waals surface area contributed by atoms with Gasteiger partial charge in [-0.25, -0.2) is 4.79 Å². The van der Waals surface area contributed by atoms with Gasteiger partial charge in [-0.2, -0.15) is 0 Å². The average Bonchev–Trinajstić information content (AvgIpc) is 3.02. The fraction of sp³-hybridized carbons (Fsp3) is 0.833. The maximum atomic E-state index is 12.9. The number of aliphatic hydroxyl groups is 1. The summed E-state index contributed by atoms with van der Waals surface area (Å²) >= 11 is 0. The summed E-state index contributed by atoms with van der Waals surface area (Å²) in [5.41, 5.74) is -1.10. The minimum atomic E-state index is -0.975. The van der Waals surface area contributed by atoms with Crippen molar-refractivity contribution in [3.63, 3.8) is 0 Å². The first-order valence-electron chi connectivity index (χ1n) is 9.48. The van der Waals surface area contributed by atoms with Gasteiger partial charge < -0.3 is 20.6 Å². The van der Waals surface area contributed by atoms with E-state index in [0.29, 0.717) is 19.1 Å². The number of hydrogen-bond acceptors (Lipinski definition) is 5. The SMILES string of the molecule is CC1(C)NC(=O)N(CC(=O)N2C[C@@H]3C[C@@]4(C)[C@H](CC[C@@H](C2)[C@H]4O)N3)C1=O. The highest BCUT2D eigenvalue weighted by molar-refractivity contribution is 6.08. The number of hydrogen-bond donors (Lipinski definition) is 3. The number of urea groups is 1. The number of likely N-dealkylation sites (tertiary alicyclic amines) is 1. The molecule has 0 aromatic heterocycles. The largest absolute Gasteiger partial charge is 0.392 e. The lowest BCUT2D eigenvalue weighted by Gasteiger charge is -2.46. The Kier molecular flexibility index (Phi) is 3.86. The second-order valence-electron chi connectivity index (χ2n) is 9.15. The third-order valence-electron chi connectivity index (χ3n) is 6.85. The van der Waals surface area contributed by atoms with Crippen LogP contribution in [0.1, 0.15) is 40.0 Å². The molecule has 5 atom stereocenters. The molecule has 3 saturated heterocycles. The van der Waals surface area contributed by atoms with Gasteiger partial charge in [0.2, 0.25) is 5.91 Å². The van der Waals surface area contributed by atoms with Crippen molar-refractivity contribution in [1.82, 2.24) is 20.4 Å². The van der Waals surface area contributed by atoms with Gasteiger partial charge >= 0.3 is 6.03 Å². The van der Waals surface area contributed by atoms with Crippen LogP contribution in [0.15, 0.2) is 0 Å². The zero-order chi connectivity index (χ0) is 18.9. The van der Waals surface area contributed by atoms with Gasteiger partial charge in [0.1, 0.15) is 12.1 Å². The van der Waals surface area contributed by atoms with Gasteiger partial charge in [0.25, 0.3) is 5.91 Å². The number of rotatable bonds is 2. The highest BCUT2D eigenvalue weighted by atomic mass is 16.3. The van der Waals surface area contributed by atoms with Crippen molar-refractivity contribution >= 4 is 17.8 Å². The van der Waals surface area contributed by atoms with Gasteiger partial charge in [-0.3, -0.25) is 14.5 Å². The summed E-state index contributed by atoms with van der Waals surface area (Å²) in [6.45, 7) is 6.20.